The lowest BCUT2D eigenvalue weighted by Crippen LogP contribution is -2.39. The van der Waals surface area contributed by atoms with Crippen molar-refractivity contribution in [3.8, 4) is 5.69 Å². The Labute approximate surface area is 246 Å². The summed E-state index contributed by atoms with van der Waals surface area (Å²) in [4.78, 5) is 36.0. The van der Waals surface area contributed by atoms with E-state index in [-0.39, 0.29) is 28.9 Å². The van der Waals surface area contributed by atoms with Gasteiger partial charge < -0.3 is 16.0 Å². The molecule has 3 amide bonds. The number of hydrogen-bond donors (Lipinski definition) is 3. The first-order valence-corrected chi connectivity index (χ1v) is 14.3. The molecule has 5 rings (SSSR count). The summed E-state index contributed by atoms with van der Waals surface area (Å²) in [5.74, 6) is 0.938. The van der Waals surface area contributed by atoms with E-state index in [0.29, 0.717) is 24.8 Å². The molecule has 0 unspecified atom stereocenters. The summed E-state index contributed by atoms with van der Waals surface area (Å²) in [5.41, 5.74) is 10.6. The van der Waals surface area contributed by atoms with Gasteiger partial charge in [-0.15, -0.1) is 0 Å². The third-order valence-corrected chi connectivity index (χ3v) is 7.60. The number of piperidine rings is 1. The fourth-order valence-corrected chi connectivity index (χ4v) is 5.12. The van der Waals surface area contributed by atoms with Gasteiger partial charge in [0, 0.05) is 42.7 Å². The molecule has 42 heavy (non-hydrogen) atoms. The van der Waals surface area contributed by atoms with Gasteiger partial charge in [-0.05, 0) is 55.9 Å². The zero-order chi connectivity index (χ0) is 29.9. The van der Waals surface area contributed by atoms with E-state index in [1.165, 1.54) is 12.4 Å². The third-order valence-electron chi connectivity index (χ3n) is 7.60. The highest BCUT2D eigenvalue weighted by Crippen LogP contribution is 2.29. The Morgan fingerprint density at radius 1 is 0.976 bits per heavy atom. The summed E-state index contributed by atoms with van der Waals surface area (Å²) in [6.45, 7) is 9.57. The molecule has 2 aromatic heterocycles. The number of nitrogen functional groups attached to an aromatic ring is 1. The summed E-state index contributed by atoms with van der Waals surface area (Å²) in [5, 5.41) is 10.9. The van der Waals surface area contributed by atoms with Crippen LogP contribution in [0.4, 0.5) is 22.1 Å². The van der Waals surface area contributed by atoms with Crippen molar-refractivity contribution in [3.05, 3.63) is 89.5 Å². The average molecular weight is 567 g/mol. The molecular formula is C32H38N8O2. The maximum atomic E-state index is 13.3. The minimum atomic E-state index is -0.335. The van der Waals surface area contributed by atoms with Crippen LogP contribution in [0.3, 0.4) is 0 Å². The number of carbonyl (C=O) groups excluding carboxylic acids is 2. The van der Waals surface area contributed by atoms with Crippen molar-refractivity contribution >= 4 is 29.3 Å². The van der Waals surface area contributed by atoms with Crippen molar-refractivity contribution in [2.24, 2.45) is 5.92 Å². The Morgan fingerprint density at radius 2 is 1.67 bits per heavy atom. The lowest BCUT2D eigenvalue weighted by molar-refractivity contribution is 0.0685. The standard InChI is InChI=1S/C32H38N8O2/c1-21-9-11-24(12-10-21)40-27(20-26(38-40)32(2,3)4)37-31(42)36-25-8-6-5-7-23(25)19-22-13-17-39(18-14-22)30(41)28-29(33)35-16-15-34-28/h5-12,15-16,20,22H,13-14,17-19H2,1-4H3,(H2,33,35)(H2,36,37,42). The van der Waals surface area contributed by atoms with Crippen LogP contribution in [0.15, 0.2) is 67.0 Å². The second kappa shape index (κ2) is 12.0. The summed E-state index contributed by atoms with van der Waals surface area (Å²) in [6, 6.07) is 17.5. The lowest BCUT2D eigenvalue weighted by Gasteiger charge is -2.32. The van der Waals surface area contributed by atoms with Gasteiger partial charge in [-0.1, -0.05) is 56.7 Å². The number of likely N-dealkylation sites (tertiary alicyclic amines) is 1. The van der Waals surface area contributed by atoms with Crippen molar-refractivity contribution in [2.75, 3.05) is 29.5 Å². The van der Waals surface area contributed by atoms with Crippen LogP contribution in [0.2, 0.25) is 0 Å². The molecule has 0 radical (unpaired) electrons. The van der Waals surface area contributed by atoms with Crippen LogP contribution >= 0.6 is 0 Å². The summed E-state index contributed by atoms with van der Waals surface area (Å²) < 4.78 is 1.77. The first-order valence-electron chi connectivity index (χ1n) is 14.3. The molecule has 0 bridgehead atoms. The number of aryl methyl sites for hydroxylation is 1. The van der Waals surface area contributed by atoms with Crippen molar-refractivity contribution in [2.45, 2.75) is 52.4 Å². The molecule has 218 valence electrons. The van der Waals surface area contributed by atoms with Crippen molar-refractivity contribution in [1.82, 2.24) is 24.6 Å². The summed E-state index contributed by atoms with van der Waals surface area (Å²) in [7, 11) is 0. The quantitative estimate of drug-likeness (QED) is 0.279. The number of nitrogens with two attached hydrogens (primary N) is 1. The molecule has 4 N–H and O–H groups in total. The number of hydrogen-bond acceptors (Lipinski definition) is 6. The van der Waals surface area contributed by atoms with E-state index >= 15 is 0 Å². The molecule has 2 aromatic carbocycles. The van der Waals surface area contributed by atoms with Crippen LogP contribution in [0.5, 0.6) is 0 Å². The molecule has 0 saturated carbocycles. The largest absolute Gasteiger partial charge is 0.382 e. The maximum Gasteiger partial charge on any atom is 0.324 e. The van der Waals surface area contributed by atoms with Crippen LogP contribution in [-0.2, 0) is 11.8 Å². The molecule has 1 fully saturated rings. The number of amides is 3. The Kier molecular flexibility index (Phi) is 8.24. The van der Waals surface area contributed by atoms with Gasteiger partial charge in [0.05, 0.1) is 11.4 Å². The van der Waals surface area contributed by atoms with E-state index in [0.717, 1.165) is 47.5 Å². The first kappa shape index (κ1) is 28.8. The minimum Gasteiger partial charge on any atom is -0.382 e. The molecule has 1 saturated heterocycles. The number of aromatic nitrogens is 4. The molecule has 0 spiro atoms. The predicted molar refractivity (Wildman–Crippen MR) is 165 cm³/mol. The van der Waals surface area contributed by atoms with Crippen LogP contribution in [0, 0.1) is 12.8 Å². The lowest BCUT2D eigenvalue weighted by atomic mass is 9.89. The van der Waals surface area contributed by atoms with Crippen LogP contribution in [0.1, 0.15) is 60.9 Å². The zero-order valence-electron chi connectivity index (χ0n) is 24.6. The van der Waals surface area contributed by atoms with E-state index in [1.54, 1.807) is 9.58 Å². The van der Waals surface area contributed by atoms with Crippen molar-refractivity contribution in [3.63, 3.8) is 0 Å². The average Bonchev–Trinajstić information content (AvgIpc) is 3.39. The molecule has 10 nitrogen and oxygen atoms in total. The minimum absolute atomic E-state index is 0.152. The molecule has 0 atom stereocenters. The molecule has 1 aliphatic heterocycles. The van der Waals surface area contributed by atoms with Crippen LogP contribution < -0.4 is 16.4 Å². The van der Waals surface area contributed by atoms with Crippen molar-refractivity contribution < 1.29 is 9.59 Å². The molecule has 0 aliphatic carbocycles. The molecule has 4 aromatic rings. The topological polar surface area (TPSA) is 131 Å². The first-order chi connectivity index (χ1) is 20.1. The van der Waals surface area contributed by atoms with Gasteiger partial charge in [-0.25, -0.2) is 19.4 Å². The smallest absolute Gasteiger partial charge is 0.324 e. The van der Waals surface area contributed by atoms with E-state index in [4.69, 9.17) is 10.8 Å². The van der Waals surface area contributed by atoms with Gasteiger partial charge in [-0.3, -0.25) is 10.1 Å². The number of para-hydroxylation sites is 1. The SMILES string of the molecule is Cc1ccc(-n2nc(C(C)(C)C)cc2NC(=O)Nc2ccccc2CC2CCN(C(=O)c3nccnc3N)CC2)cc1. The number of nitrogens with zero attached hydrogens (tertiary/aromatic N) is 5. The van der Waals surface area contributed by atoms with E-state index in [9.17, 15) is 9.59 Å². The normalized spacial score (nSPS) is 14.0. The van der Waals surface area contributed by atoms with Gasteiger partial charge in [-0.2, -0.15) is 5.10 Å². The Balaban J connectivity index is 1.25. The number of anilines is 3. The van der Waals surface area contributed by atoms with Crippen LogP contribution in [0.25, 0.3) is 5.69 Å². The van der Waals surface area contributed by atoms with Gasteiger partial charge in [0.1, 0.15) is 5.82 Å². The molecule has 10 heteroatoms. The fourth-order valence-electron chi connectivity index (χ4n) is 5.12. The Morgan fingerprint density at radius 3 is 2.36 bits per heavy atom. The predicted octanol–water partition coefficient (Wildman–Crippen LogP) is 5.59. The summed E-state index contributed by atoms with van der Waals surface area (Å²) in [6.07, 6.45) is 5.44. The van der Waals surface area contributed by atoms with Gasteiger partial charge in [0.15, 0.2) is 11.5 Å². The Bertz CT molecular complexity index is 1560. The second-order valence-electron chi connectivity index (χ2n) is 11.9. The van der Waals surface area contributed by atoms with Gasteiger partial charge >= 0.3 is 6.03 Å². The fraction of sp³-hybridized carbons (Fsp3) is 0.344. The monoisotopic (exact) mass is 566 g/mol. The molecular weight excluding hydrogens is 528 g/mol. The zero-order valence-corrected chi connectivity index (χ0v) is 24.6. The van der Waals surface area contributed by atoms with E-state index in [2.05, 4.69) is 41.4 Å². The molecule has 3 heterocycles. The highest BCUT2D eigenvalue weighted by Gasteiger charge is 2.27. The van der Waals surface area contributed by atoms with Gasteiger partial charge in [0.25, 0.3) is 5.91 Å². The number of benzene rings is 2. The number of carbonyl (C=O) groups is 2. The molecule has 1 aliphatic rings. The van der Waals surface area contributed by atoms with Crippen molar-refractivity contribution in [1.29, 1.82) is 0 Å². The summed E-state index contributed by atoms with van der Waals surface area (Å²) >= 11 is 0. The highest BCUT2D eigenvalue weighted by atomic mass is 16.2. The third kappa shape index (κ3) is 6.59. The second-order valence-corrected chi connectivity index (χ2v) is 11.9. The Hall–Kier alpha value is -4.73. The van der Waals surface area contributed by atoms with E-state index in [1.807, 2.05) is 61.5 Å². The number of urea groups is 1. The maximum absolute atomic E-state index is 13.3. The van der Waals surface area contributed by atoms with Crippen LogP contribution in [-0.4, -0.2) is 49.7 Å². The van der Waals surface area contributed by atoms with Gasteiger partial charge in [0.2, 0.25) is 0 Å². The highest BCUT2D eigenvalue weighted by molar-refractivity contribution is 6.00. The number of nitrogens with one attached hydrogen (secondary N) is 2. The van der Waals surface area contributed by atoms with E-state index < -0.39 is 0 Å². The number of rotatable bonds is 6.